The minimum absolute atomic E-state index is 0.0530. The Morgan fingerprint density at radius 3 is 2.59 bits per heavy atom. The van der Waals surface area contributed by atoms with Crippen LogP contribution in [-0.2, 0) is 4.79 Å². The van der Waals surface area contributed by atoms with Crippen LogP contribution in [0.25, 0.3) is 0 Å². The average Bonchev–Trinajstić information content (AvgIpc) is 3.31. The van der Waals surface area contributed by atoms with Gasteiger partial charge in [-0.1, -0.05) is 29.3 Å². The highest BCUT2D eigenvalue weighted by atomic mass is 35.5. The van der Waals surface area contributed by atoms with Gasteiger partial charge in [0.25, 0.3) is 5.91 Å². The van der Waals surface area contributed by atoms with Crippen molar-refractivity contribution in [2.24, 2.45) is 15.1 Å². The highest BCUT2D eigenvalue weighted by Crippen LogP contribution is 2.34. The second-order valence-corrected chi connectivity index (χ2v) is 8.48. The number of fused-ring (bicyclic) bond motifs is 1. The fourth-order valence-electron chi connectivity index (χ4n) is 3.48. The zero-order valence-corrected chi connectivity index (χ0v) is 20.4. The lowest BCUT2D eigenvalue weighted by Crippen LogP contribution is -2.53. The van der Waals surface area contributed by atoms with Crippen LogP contribution in [0.1, 0.15) is 11.9 Å². The van der Waals surface area contributed by atoms with Gasteiger partial charge in [-0.05, 0) is 24.3 Å². The summed E-state index contributed by atoms with van der Waals surface area (Å²) in [4.78, 5) is 25.4. The molecule has 0 saturated heterocycles. The number of alkyl halides is 3. The Balaban J connectivity index is 1.58. The van der Waals surface area contributed by atoms with Crippen LogP contribution in [0.15, 0.2) is 51.6 Å². The van der Waals surface area contributed by atoms with Gasteiger partial charge in [0.05, 0.1) is 46.1 Å². The zero-order chi connectivity index (χ0) is 26.7. The van der Waals surface area contributed by atoms with Crippen molar-refractivity contribution < 1.29 is 18.0 Å². The molecule has 37 heavy (non-hydrogen) atoms. The number of aliphatic imine (C=N–C) groups is 2. The first kappa shape index (κ1) is 26.2. The molecule has 2 aliphatic rings. The summed E-state index contributed by atoms with van der Waals surface area (Å²) in [5.74, 6) is -0.871. The van der Waals surface area contributed by atoms with E-state index in [0.717, 1.165) is 4.90 Å². The minimum Gasteiger partial charge on any atom is -0.354 e. The number of benzene rings is 1. The smallest absolute Gasteiger partial charge is 0.354 e. The van der Waals surface area contributed by atoms with Crippen molar-refractivity contribution in [1.82, 2.24) is 26.1 Å². The van der Waals surface area contributed by atoms with Crippen LogP contribution in [0.3, 0.4) is 0 Å². The van der Waals surface area contributed by atoms with Crippen molar-refractivity contribution in [3.05, 3.63) is 52.3 Å². The number of rotatable bonds is 6. The number of aromatic nitrogens is 1. The molecule has 0 saturated carbocycles. The molecule has 1 aromatic heterocycles. The quantitative estimate of drug-likeness (QED) is 0.211. The van der Waals surface area contributed by atoms with Crippen LogP contribution in [0.4, 0.5) is 24.5 Å². The van der Waals surface area contributed by atoms with Gasteiger partial charge in [0, 0.05) is 7.05 Å². The van der Waals surface area contributed by atoms with Gasteiger partial charge in [0.1, 0.15) is 6.04 Å². The molecule has 0 radical (unpaired) electrons. The maximum Gasteiger partial charge on any atom is 0.410 e. The summed E-state index contributed by atoms with van der Waals surface area (Å²) in [5.41, 5.74) is 8.27. The predicted octanol–water partition coefficient (Wildman–Crippen LogP) is 3.03. The van der Waals surface area contributed by atoms with Crippen molar-refractivity contribution in [3.63, 3.8) is 0 Å². The minimum atomic E-state index is -4.52. The molecule has 16 heteroatoms. The molecular weight excluding hydrogens is 536 g/mol. The molecule has 0 fully saturated rings. The van der Waals surface area contributed by atoms with Gasteiger partial charge in [0.15, 0.2) is 23.5 Å². The lowest BCUT2D eigenvalue weighted by Gasteiger charge is -2.35. The number of hydrogen-bond donors (Lipinski definition) is 5. The number of carbonyl (C=O) groups is 1. The third-order valence-corrected chi connectivity index (χ3v) is 5.92. The molecule has 2 aliphatic heterocycles. The van der Waals surface area contributed by atoms with E-state index in [1.54, 1.807) is 18.2 Å². The lowest BCUT2D eigenvalue weighted by atomic mass is 10.1. The molecule has 4 rings (SSSR count). The van der Waals surface area contributed by atoms with E-state index >= 15 is 0 Å². The molecule has 5 N–H and O–H groups in total. The summed E-state index contributed by atoms with van der Waals surface area (Å²) in [6, 6.07) is 5.90. The van der Waals surface area contributed by atoms with Crippen molar-refractivity contribution >= 4 is 64.1 Å². The number of hydrazine groups is 1. The number of nitrogens with one attached hydrogen (secondary N) is 5. The Morgan fingerprint density at radius 1 is 1.24 bits per heavy atom. The molecule has 2 atom stereocenters. The Hall–Kier alpha value is -3.91. The fraction of sp³-hybridized carbons (Fsp3) is 0.238. The molecule has 194 valence electrons. The van der Waals surface area contributed by atoms with Gasteiger partial charge >= 0.3 is 6.18 Å². The van der Waals surface area contributed by atoms with Crippen LogP contribution < -0.4 is 21.6 Å². The molecule has 2 unspecified atom stereocenters. The topological polar surface area (TPSA) is 142 Å². The summed E-state index contributed by atoms with van der Waals surface area (Å²) in [6.45, 7) is -0.456. The van der Waals surface area contributed by atoms with Gasteiger partial charge in [-0.3, -0.25) is 36.5 Å². The van der Waals surface area contributed by atoms with Gasteiger partial charge < -0.3 is 10.2 Å². The molecule has 1 amide bonds. The first-order valence-corrected chi connectivity index (χ1v) is 11.4. The maximum absolute atomic E-state index is 13.6. The van der Waals surface area contributed by atoms with E-state index in [-0.39, 0.29) is 33.1 Å². The Morgan fingerprint density at radius 2 is 1.97 bits per heavy atom. The summed E-state index contributed by atoms with van der Waals surface area (Å²) >= 11 is 12.3. The van der Waals surface area contributed by atoms with E-state index in [1.165, 1.54) is 31.6 Å². The number of hydrazone groups is 1. The highest BCUT2D eigenvalue weighted by Gasteiger charge is 2.50. The number of pyridine rings is 1. The third kappa shape index (κ3) is 5.59. The monoisotopic (exact) mass is 554 g/mol. The average molecular weight is 555 g/mol. The van der Waals surface area contributed by atoms with Crippen LogP contribution in [0, 0.1) is 5.41 Å². The summed E-state index contributed by atoms with van der Waals surface area (Å²) in [5, 5.41) is 15.0. The van der Waals surface area contributed by atoms with E-state index in [1.807, 2.05) is 0 Å². The Bertz CT molecular complexity index is 1280. The predicted molar refractivity (Wildman–Crippen MR) is 135 cm³/mol. The Kier molecular flexibility index (Phi) is 7.50. The van der Waals surface area contributed by atoms with Gasteiger partial charge in [-0.2, -0.15) is 18.3 Å². The number of anilines is 1. The molecule has 11 nitrogen and oxygen atoms in total. The van der Waals surface area contributed by atoms with Crippen molar-refractivity contribution in [2.75, 3.05) is 19.0 Å². The molecular formula is C21H19Cl2F3N10O. The molecule has 0 bridgehead atoms. The van der Waals surface area contributed by atoms with E-state index in [9.17, 15) is 18.0 Å². The summed E-state index contributed by atoms with van der Waals surface area (Å²) in [7, 11) is 1.35. The van der Waals surface area contributed by atoms with Crippen LogP contribution in [-0.4, -0.2) is 65.2 Å². The molecule has 0 aliphatic carbocycles. The highest BCUT2D eigenvalue weighted by molar-refractivity contribution is 6.65. The number of carbonyl (C=O) groups excluding carboxylic acids is 1. The molecule has 0 spiro atoms. The maximum atomic E-state index is 13.6. The summed E-state index contributed by atoms with van der Waals surface area (Å²) < 4.78 is 40.7. The second kappa shape index (κ2) is 10.6. The van der Waals surface area contributed by atoms with Gasteiger partial charge in [-0.15, -0.1) is 0 Å². The van der Waals surface area contributed by atoms with Crippen molar-refractivity contribution in [1.29, 1.82) is 5.41 Å². The third-order valence-electron chi connectivity index (χ3n) is 5.29. The molecule has 3 heterocycles. The number of amides is 1. The second-order valence-electron chi connectivity index (χ2n) is 7.66. The molecule has 2 aromatic rings. The normalized spacial score (nSPS) is 19.0. The van der Waals surface area contributed by atoms with Crippen LogP contribution >= 0.6 is 23.2 Å². The van der Waals surface area contributed by atoms with Crippen LogP contribution in [0.5, 0.6) is 0 Å². The summed E-state index contributed by atoms with van der Waals surface area (Å²) in [6.07, 6.45) is -2.94. The van der Waals surface area contributed by atoms with E-state index in [2.05, 4.69) is 41.7 Å². The number of nitrogens with zero attached hydrogens (tertiary/aromatic N) is 5. The SMILES string of the molecule is CNC(=O)C(=N)C(=Nc1ccc(C2NN=C3C=NCC(C(F)(F)F)N32)nc1)NNc1c(Cl)cccc1Cl. The van der Waals surface area contributed by atoms with Gasteiger partial charge in [0.2, 0.25) is 0 Å². The van der Waals surface area contributed by atoms with Crippen LogP contribution in [0.2, 0.25) is 10.0 Å². The molecule has 1 aromatic carbocycles. The fourth-order valence-corrected chi connectivity index (χ4v) is 3.97. The van der Waals surface area contributed by atoms with Gasteiger partial charge in [-0.25, -0.2) is 4.99 Å². The van der Waals surface area contributed by atoms with Crippen molar-refractivity contribution in [2.45, 2.75) is 18.4 Å². The number of halogens is 5. The van der Waals surface area contributed by atoms with E-state index < -0.39 is 36.5 Å². The number of hydrogen-bond acceptors (Lipinski definition) is 9. The zero-order valence-electron chi connectivity index (χ0n) is 18.9. The van der Waals surface area contributed by atoms with Crippen molar-refractivity contribution in [3.8, 4) is 0 Å². The van der Waals surface area contributed by atoms with E-state index in [4.69, 9.17) is 28.6 Å². The Labute approximate surface area is 218 Å². The van der Waals surface area contributed by atoms with E-state index in [0.29, 0.717) is 5.69 Å². The number of para-hydroxylation sites is 1. The standard InChI is InChI=1S/C21H19Cl2F3N10O/c1-28-20(37)16(27)18(34-33-17-11(22)3-2-4-12(17)23)31-10-5-6-13(30-7-10)19-35-32-15-9-29-8-14(36(15)19)21(24,25)26/h2-7,9,14,19,27,33,35H,8H2,1H3,(H,28,37)(H,31,34). The first-order chi connectivity index (χ1) is 17.6. The largest absolute Gasteiger partial charge is 0.410 e. The number of amidine groups is 2. The lowest BCUT2D eigenvalue weighted by molar-refractivity contribution is -0.175. The first-order valence-electron chi connectivity index (χ1n) is 10.6.